The number of aromatic nitrogens is 2. The molecule has 9 heteroatoms. The van der Waals surface area contributed by atoms with Gasteiger partial charge in [0.1, 0.15) is 0 Å². The van der Waals surface area contributed by atoms with E-state index in [0.717, 1.165) is 5.69 Å². The fourth-order valence-electron chi connectivity index (χ4n) is 2.43. The van der Waals surface area contributed by atoms with Crippen LogP contribution in [0.3, 0.4) is 0 Å². The van der Waals surface area contributed by atoms with Gasteiger partial charge in [0, 0.05) is 36.0 Å². The molecule has 0 amide bonds. The molecule has 0 saturated heterocycles. The number of nitro groups is 1. The summed E-state index contributed by atoms with van der Waals surface area (Å²) in [6, 6.07) is 6.48. The molecule has 1 aromatic carbocycles. The number of non-ortho nitro benzene ring substituents is 1. The van der Waals surface area contributed by atoms with Crippen LogP contribution in [0.5, 0.6) is 0 Å². The summed E-state index contributed by atoms with van der Waals surface area (Å²) in [6.45, 7) is 10.0. The molecule has 0 unspecified atom stereocenters. The maximum absolute atomic E-state index is 10.8. The molecule has 0 aliphatic rings. The van der Waals surface area contributed by atoms with E-state index in [-0.39, 0.29) is 22.8 Å². The van der Waals surface area contributed by atoms with Gasteiger partial charge in [-0.25, -0.2) is 4.68 Å². The van der Waals surface area contributed by atoms with E-state index >= 15 is 0 Å². The molecule has 2 aromatic rings. The summed E-state index contributed by atoms with van der Waals surface area (Å²) in [5.74, 6) is 0.443. The summed E-state index contributed by atoms with van der Waals surface area (Å²) in [5, 5.41) is 25.8. The molecular weight excluding hydrogens is 344 g/mol. The molecule has 0 aliphatic heterocycles. The number of nitrogens with zero attached hydrogens (tertiary/aromatic N) is 6. The zero-order chi connectivity index (χ0) is 18.7. The molecule has 0 bridgehead atoms. The van der Waals surface area contributed by atoms with Crippen molar-refractivity contribution in [3.8, 4) is 5.69 Å². The third kappa shape index (κ3) is 4.33. The second-order valence-electron chi connectivity index (χ2n) is 6.21. The summed E-state index contributed by atoms with van der Waals surface area (Å²) >= 11 is 6.17. The Morgan fingerprint density at radius 1 is 1.24 bits per heavy atom. The number of hydrogen-bond donors (Lipinski definition) is 0. The Labute approximate surface area is 151 Å². The fourth-order valence-corrected chi connectivity index (χ4v) is 2.69. The van der Waals surface area contributed by atoms with Crippen LogP contribution in [0.1, 0.15) is 33.4 Å². The van der Waals surface area contributed by atoms with Crippen LogP contribution >= 0.6 is 11.6 Å². The minimum Gasteiger partial charge on any atom is -0.273 e. The Morgan fingerprint density at radius 3 is 2.40 bits per heavy atom. The van der Waals surface area contributed by atoms with Gasteiger partial charge in [-0.2, -0.15) is 0 Å². The van der Waals surface area contributed by atoms with Gasteiger partial charge < -0.3 is 0 Å². The third-order valence-electron chi connectivity index (χ3n) is 3.55. The van der Waals surface area contributed by atoms with E-state index < -0.39 is 4.92 Å². The lowest BCUT2D eigenvalue weighted by atomic mass is 10.3. The average molecular weight is 365 g/mol. The molecule has 2 rings (SSSR count). The summed E-state index contributed by atoms with van der Waals surface area (Å²) in [7, 11) is 0. The smallest absolute Gasteiger partial charge is 0.271 e. The van der Waals surface area contributed by atoms with E-state index in [0.29, 0.717) is 11.5 Å². The predicted molar refractivity (Wildman–Crippen MR) is 96.6 cm³/mol. The maximum atomic E-state index is 10.8. The fraction of sp³-hybridized carbons (Fsp3) is 0.438. The second kappa shape index (κ2) is 7.60. The largest absolute Gasteiger partial charge is 0.273 e. The highest BCUT2D eigenvalue weighted by Gasteiger charge is 2.15. The van der Waals surface area contributed by atoms with E-state index in [2.05, 4.69) is 15.4 Å². The van der Waals surface area contributed by atoms with Crippen LogP contribution in [-0.2, 0) is 0 Å². The molecule has 134 valence electrons. The SMILES string of the molecule is Cc1cc(N=NN(C(C)C)C(C)C)nn1-c1ccc([N+](=O)[O-])cc1Cl. The molecule has 1 aromatic heterocycles. The van der Waals surface area contributed by atoms with Crippen molar-refractivity contribution in [2.75, 3.05) is 0 Å². The van der Waals surface area contributed by atoms with Crippen LogP contribution in [0, 0.1) is 17.0 Å². The first kappa shape index (κ1) is 18.9. The van der Waals surface area contributed by atoms with Crippen LogP contribution in [0.4, 0.5) is 11.5 Å². The molecule has 0 atom stereocenters. The molecule has 8 nitrogen and oxygen atoms in total. The van der Waals surface area contributed by atoms with E-state index in [1.54, 1.807) is 16.8 Å². The Balaban J connectivity index is 2.33. The van der Waals surface area contributed by atoms with E-state index in [9.17, 15) is 10.1 Å². The van der Waals surface area contributed by atoms with E-state index in [1.165, 1.54) is 12.1 Å². The zero-order valence-electron chi connectivity index (χ0n) is 14.8. The first-order valence-electron chi connectivity index (χ1n) is 7.91. The average Bonchev–Trinajstić information content (AvgIpc) is 2.87. The number of rotatable bonds is 6. The molecule has 0 saturated carbocycles. The standard InChI is InChI=1S/C16H21ClN6O2/c1-10(2)21(11(3)4)20-18-16-8-12(5)22(19-16)15-7-6-13(23(24)25)9-14(15)17/h6-11H,1-5H3. The predicted octanol–water partition coefficient (Wildman–Crippen LogP) is 4.86. The lowest BCUT2D eigenvalue weighted by molar-refractivity contribution is -0.384. The maximum Gasteiger partial charge on any atom is 0.271 e. The van der Waals surface area contributed by atoms with Gasteiger partial charge in [0.15, 0.2) is 5.82 Å². The first-order chi connectivity index (χ1) is 11.7. The minimum atomic E-state index is -0.488. The number of nitro benzene ring substituents is 1. The molecule has 0 fully saturated rings. The third-order valence-corrected chi connectivity index (χ3v) is 3.86. The van der Waals surface area contributed by atoms with E-state index in [4.69, 9.17) is 11.6 Å². The van der Waals surface area contributed by atoms with Crippen LogP contribution in [0.25, 0.3) is 5.69 Å². The lowest BCUT2D eigenvalue weighted by Gasteiger charge is -2.25. The second-order valence-corrected chi connectivity index (χ2v) is 6.61. The first-order valence-corrected chi connectivity index (χ1v) is 8.29. The van der Waals surface area contributed by atoms with Crippen molar-refractivity contribution in [1.82, 2.24) is 14.8 Å². The monoisotopic (exact) mass is 364 g/mol. The Bertz CT molecular complexity index is 792. The molecule has 0 spiro atoms. The summed E-state index contributed by atoms with van der Waals surface area (Å²) in [6.07, 6.45) is 0. The van der Waals surface area contributed by atoms with Crippen LogP contribution in [0.15, 0.2) is 34.6 Å². The molecule has 0 N–H and O–H groups in total. The highest BCUT2D eigenvalue weighted by Crippen LogP contribution is 2.27. The van der Waals surface area contributed by atoms with Crippen molar-refractivity contribution in [2.45, 2.75) is 46.7 Å². The molecule has 0 radical (unpaired) electrons. The normalized spacial score (nSPS) is 11.7. The highest BCUT2D eigenvalue weighted by molar-refractivity contribution is 6.32. The van der Waals surface area contributed by atoms with Gasteiger partial charge in [-0.05, 0) is 40.7 Å². The van der Waals surface area contributed by atoms with Gasteiger partial charge >= 0.3 is 0 Å². The minimum absolute atomic E-state index is 0.0667. The van der Waals surface area contributed by atoms with Crippen LogP contribution in [0.2, 0.25) is 5.02 Å². The number of benzene rings is 1. The van der Waals surface area contributed by atoms with Crippen molar-refractivity contribution in [3.05, 3.63) is 45.1 Å². The van der Waals surface area contributed by atoms with Crippen molar-refractivity contribution in [3.63, 3.8) is 0 Å². The van der Waals surface area contributed by atoms with Gasteiger partial charge in [0.25, 0.3) is 5.69 Å². The topological polar surface area (TPSA) is 88.9 Å². The summed E-state index contributed by atoms with van der Waals surface area (Å²) < 4.78 is 1.59. The van der Waals surface area contributed by atoms with E-state index in [1.807, 2.05) is 39.6 Å². The summed E-state index contributed by atoms with van der Waals surface area (Å²) in [5.41, 5.74) is 1.28. The molecule has 0 aliphatic carbocycles. The molecule has 25 heavy (non-hydrogen) atoms. The quantitative estimate of drug-likeness (QED) is 0.416. The van der Waals surface area contributed by atoms with Crippen molar-refractivity contribution in [1.29, 1.82) is 0 Å². The van der Waals surface area contributed by atoms with Gasteiger partial charge in [-0.15, -0.1) is 10.2 Å². The van der Waals surface area contributed by atoms with Crippen LogP contribution in [-0.4, -0.2) is 31.8 Å². The summed E-state index contributed by atoms with van der Waals surface area (Å²) in [4.78, 5) is 10.3. The van der Waals surface area contributed by atoms with Crippen LogP contribution < -0.4 is 0 Å². The van der Waals surface area contributed by atoms with Gasteiger partial charge in [-0.1, -0.05) is 16.8 Å². The lowest BCUT2D eigenvalue weighted by Crippen LogP contribution is -2.31. The Morgan fingerprint density at radius 2 is 1.88 bits per heavy atom. The molecule has 1 heterocycles. The highest BCUT2D eigenvalue weighted by atomic mass is 35.5. The van der Waals surface area contributed by atoms with Gasteiger partial charge in [0.05, 0.1) is 15.6 Å². The van der Waals surface area contributed by atoms with Crippen molar-refractivity contribution in [2.24, 2.45) is 10.3 Å². The number of hydrogen-bond acceptors (Lipinski definition) is 5. The zero-order valence-corrected chi connectivity index (χ0v) is 15.6. The Hall–Kier alpha value is -2.48. The molecular formula is C16H21ClN6O2. The number of halogens is 1. The van der Waals surface area contributed by atoms with Crippen molar-refractivity contribution >= 4 is 23.1 Å². The number of aryl methyl sites for hydroxylation is 1. The van der Waals surface area contributed by atoms with Crippen molar-refractivity contribution < 1.29 is 4.92 Å². The van der Waals surface area contributed by atoms with Gasteiger partial charge in [0.2, 0.25) is 0 Å². The Kier molecular flexibility index (Phi) is 5.73. The van der Waals surface area contributed by atoms with Gasteiger partial charge in [-0.3, -0.25) is 15.1 Å².